The number of thiophene rings is 1. The van der Waals surface area contributed by atoms with Crippen LogP contribution in [0.5, 0.6) is 11.5 Å². The lowest BCUT2D eigenvalue weighted by atomic mass is 9.83. The Kier molecular flexibility index (Phi) is 5.63. The lowest BCUT2D eigenvalue weighted by molar-refractivity contribution is 0.0894. The summed E-state index contributed by atoms with van der Waals surface area (Å²) in [6.45, 7) is 6.38. The standard InChI is InChI=1S/C25H31N3O3S/c1-4-28-24(29)27-16-18-14-19(30-2)15-22(31-3)21(18)7-8-23(27)25(28)9-11-26(12-10-25)17-20-6-5-13-32-20/h5-6,8,13-15H,4,7,9-12,16-17H2,1-3H3. The maximum atomic E-state index is 13.6. The molecule has 0 aliphatic carbocycles. The van der Waals surface area contributed by atoms with Crippen molar-refractivity contribution in [3.05, 3.63) is 57.4 Å². The molecule has 0 unspecified atom stereocenters. The van der Waals surface area contributed by atoms with E-state index in [-0.39, 0.29) is 11.6 Å². The van der Waals surface area contributed by atoms with Gasteiger partial charge in [-0.25, -0.2) is 4.79 Å². The molecule has 7 heteroatoms. The van der Waals surface area contributed by atoms with E-state index in [9.17, 15) is 4.79 Å². The number of carbonyl (C=O) groups is 1. The highest BCUT2D eigenvalue weighted by atomic mass is 32.1. The summed E-state index contributed by atoms with van der Waals surface area (Å²) in [5.74, 6) is 1.59. The third-order valence-corrected chi connectivity index (χ3v) is 8.12. The third kappa shape index (κ3) is 3.39. The van der Waals surface area contributed by atoms with Crippen LogP contribution in [0.2, 0.25) is 0 Å². The van der Waals surface area contributed by atoms with Crippen LogP contribution < -0.4 is 9.47 Å². The predicted octanol–water partition coefficient (Wildman–Crippen LogP) is 4.50. The molecule has 0 N–H and O–H groups in total. The molecular formula is C25H31N3O3S. The number of piperidine rings is 1. The number of allylic oxidation sites excluding steroid dienone is 1. The summed E-state index contributed by atoms with van der Waals surface area (Å²) in [6.07, 6.45) is 4.98. The number of hydrogen-bond donors (Lipinski definition) is 0. The van der Waals surface area contributed by atoms with Gasteiger partial charge in [0, 0.05) is 48.4 Å². The molecule has 32 heavy (non-hydrogen) atoms. The van der Waals surface area contributed by atoms with Crippen molar-refractivity contribution in [2.24, 2.45) is 0 Å². The maximum Gasteiger partial charge on any atom is 0.325 e. The molecule has 2 aromatic rings. The first-order valence-corrected chi connectivity index (χ1v) is 12.3. The zero-order valence-corrected chi connectivity index (χ0v) is 19.9. The molecule has 4 heterocycles. The van der Waals surface area contributed by atoms with Gasteiger partial charge in [0.1, 0.15) is 11.5 Å². The Morgan fingerprint density at radius 3 is 2.62 bits per heavy atom. The first-order valence-electron chi connectivity index (χ1n) is 11.4. The minimum Gasteiger partial charge on any atom is -0.497 e. The van der Waals surface area contributed by atoms with Gasteiger partial charge >= 0.3 is 6.03 Å². The van der Waals surface area contributed by atoms with E-state index >= 15 is 0 Å². The van der Waals surface area contributed by atoms with Gasteiger partial charge in [-0.2, -0.15) is 0 Å². The Bertz CT molecular complexity index is 1030. The van der Waals surface area contributed by atoms with Crippen molar-refractivity contribution in [3.8, 4) is 11.5 Å². The summed E-state index contributed by atoms with van der Waals surface area (Å²) in [7, 11) is 3.36. The summed E-state index contributed by atoms with van der Waals surface area (Å²) in [4.78, 5) is 21.6. The minimum absolute atomic E-state index is 0.125. The summed E-state index contributed by atoms with van der Waals surface area (Å²) in [5.41, 5.74) is 3.22. The summed E-state index contributed by atoms with van der Waals surface area (Å²) < 4.78 is 11.2. The fraction of sp³-hybridized carbons (Fsp3) is 0.480. The average Bonchev–Trinajstić information content (AvgIpc) is 3.32. The molecule has 1 aromatic carbocycles. The van der Waals surface area contributed by atoms with Crippen LogP contribution in [-0.2, 0) is 19.5 Å². The average molecular weight is 454 g/mol. The van der Waals surface area contributed by atoms with Crippen molar-refractivity contribution < 1.29 is 14.3 Å². The summed E-state index contributed by atoms with van der Waals surface area (Å²) in [6, 6.07) is 8.44. The van der Waals surface area contributed by atoms with Crippen LogP contribution in [0.25, 0.3) is 0 Å². The van der Waals surface area contributed by atoms with Gasteiger partial charge < -0.3 is 14.4 Å². The molecule has 0 atom stereocenters. The Morgan fingerprint density at radius 2 is 1.97 bits per heavy atom. The number of urea groups is 1. The molecule has 170 valence electrons. The van der Waals surface area contributed by atoms with Gasteiger partial charge in [0.2, 0.25) is 0 Å². The number of hydrogen-bond acceptors (Lipinski definition) is 5. The third-order valence-electron chi connectivity index (χ3n) is 7.26. The first kappa shape index (κ1) is 21.3. The number of ether oxygens (including phenoxy) is 2. The van der Waals surface area contributed by atoms with E-state index in [1.54, 1.807) is 14.2 Å². The molecule has 3 aliphatic rings. The number of methoxy groups -OCH3 is 2. The van der Waals surface area contributed by atoms with E-state index in [2.05, 4.69) is 40.3 Å². The second-order valence-electron chi connectivity index (χ2n) is 8.76. The monoisotopic (exact) mass is 453 g/mol. The molecule has 6 nitrogen and oxygen atoms in total. The zero-order valence-electron chi connectivity index (χ0n) is 19.1. The van der Waals surface area contributed by atoms with Gasteiger partial charge in [-0.1, -0.05) is 12.1 Å². The van der Waals surface area contributed by atoms with Crippen molar-refractivity contribution in [1.82, 2.24) is 14.7 Å². The smallest absolute Gasteiger partial charge is 0.325 e. The number of fused-ring (bicyclic) bond motifs is 3. The molecule has 1 aromatic heterocycles. The number of likely N-dealkylation sites (N-methyl/N-ethyl adjacent to an activating group) is 1. The zero-order chi connectivity index (χ0) is 22.3. The summed E-state index contributed by atoms with van der Waals surface area (Å²) in [5, 5.41) is 2.14. The second kappa shape index (κ2) is 8.45. The van der Waals surface area contributed by atoms with Crippen molar-refractivity contribution in [1.29, 1.82) is 0 Å². The van der Waals surface area contributed by atoms with Crippen LogP contribution in [0.3, 0.4) is 0 Å². The van der Waals surface area contributed by atoms with Crippen LogP contribution in [-0.4, -0.2) is 60.1 Å². The largest absolute Gasteiger partial charge is 0.497 e. The first-order chi connectivity index (χ1) is 15.6. The highest BCUT2D eigenvalue weighted by molar-refractivity contribution is 7.09. The Morgan fingerprint density at radius 1 is 1.16 bits per heavy atom. The molecule has 5 rings (SSSR count). The molecule has 2 amide bonds. The van der Waals surface area contributed by atoms with Crippen molar-refractivity contribution in [2.75, 3.05) is 33.9 Å². The van der Waals surface area contributed by atoms with E-state index in [0.29, 0.717) is 6.54 Å². The normalized spacial score (nSPS) is 20.1. The SMILES string of the molecule is CCN1C(=O)N2Cc3cc(OC)cc(OC)c3CC=C2C12CCN(Cc1cccs1)CC2. The number of carbonyl (C=O) groups excluding carboxylic acids is 1. The summed E-state index contributed by atoms with van der Waals surface area (Å²) >= 11 is 1.82. The molecule has 3 aliphatic heterocycles. The molecule has 0 saturated carbocycles. The molecule has 1 spiro atoms. The van der Waals surface area contributed by atoms with E-state index < -0.39 is 0 Å². The van der Waals surface area contributed by atoms with Crippen LogP contribution in [0.15, 0.2) is 41.4 Å². The van der Waals surface area contributed by atoms with Crippen molar-refractivity contribution in [2.45, 2.75) is 44.8 Å². The molecular weight excluding hydrogens is 422 g/mol. The predicted molar refractivity (Wildman–Crippen MR) is 126 cm³/mol. The molecule has 2 saturated heterocycles. The molecule has 0 bridgehead atoms. The maximum absolute atomic E-state index is 13.6. The van der Waals surface area contributed by atoms with Crippen LogP contribution >= 0.6 is 11.3 Å². The van der Waals surface area contributed by atoms with Crippen molar-refractivity contribution in [3.63, 3.8) is 0 Å². The quantitative estimate of drug-likeness (QED) is 0.669. The van der Waals surface area contributed by atoms with Gasteiger partial charge in [0.05, 0.1) is 26.3 Å². The number of rotatable bonds is 5. The highest BCUT2D eigenvalue weighted by Gasteiger charge is 2.54. The molecule has 2 fully saturated rings. The van der Waals surface area contributed by atoms with Crippen LogP contribution in [0, 0.1) is 0 Å². The van der Waals surface area contributed by atoms with E-state index in [0.717, 1.165) is 68.1 Å². The van der Waals surface area contributed by atoms with Gasteiger partial charge in [-0.05, 0) is 49.3 Å². The fourth-order valence-corrected chi connectivity index (χ4v) is 6.41. The van der Waals surface area contributed by atoms with E-state index in [4.69, 9.17) is 9.47 Å². The van der Waals surface area contributed by atoms with Gasteiger partial charge in [0.15, 0.2) is 0 Å². The lowest BCUT2D eigenvalue weighted by Gasteiger charge is -2.44. The second-order valence-corrected chi connectivity index (χ2v) is 9.79. The topological polar surface area (TPSA) is 45.3 Å². The number of amides is 2. The fourth-order valence-electron chi connectivity index (χ4n) is 5.66. The van der Waals surface area contributed by atoms with Gasteiger partial charge in [-0.15, -0.1) is 11.3 Å². The highest BCUT2D eigenvalue weighted by Crippen LogP contribution is 2.46. The van der Waals surface area contributed by atoms with E-state index in [1.807, 2.05) is 28.4 Å². The minimum atomic E-state index is -0.211. The number of likely N-dealkylation sites (tertiary alicyclic amines) is 1. The van der Waals surface area contributed by atoms with Gasteiger partial charge in [-0.3, -0.25) is 9.80 Å². The Hall–Kier alpha value is -2.51. The van der Waals surface area contributed by atoms with Gasteiger partial charge in [0.25, 0.3) is 0 Å². The number of benzene rings is 1. The number of nitrogens with zero attached hydrogens (tertiary/aromatic N) is 3. The van der Waals surface area contributed by atoms with E-state index in [1.165, 1.54) is 10.6 Å². The molecule has 0 radical (unpaired) electrons. The lowest BCUT2D eigenvalue weighted by Crippen LogP contribution is -2.53. The Balaban J connectivity index is 1.45. The van der Waals surface area contributed by atoms with Crippen LogP contribution in [0.1, 0.15) is 35.8 Å². The van der Waals surface area contributed by atoms with Crippen LogP contribution in [0.4, 0.5) is 4.79 Å². The Labute approximate surface area is 194 Å². The van der Waals surface area contributed by atoms with Crippen molar-refractivity contribution >= 4 is 17.4 Å².